The number of amides is 1. The predicted octanol–water partition coefficient (Wildman–Crippen LogP) is 6.30. The van der Waals surface area contributed by atoms with E-state index in [-0.39, 0.29) is 5.91 Å². The number of ether oxygens (including phenoxy) is 2. The highest BCUT2D eigenvalue weighted by atomic mass is 16.5. The zero-order valence-electron chi connectivity index (χ0n) is 19.4. The van der Waals surface area contributed by atoms with Crippen LogP contribution in [0.25, 0.3) is 11.1 Å². The lowest BCUT2D eigenvalue weighted by Gasteiger charge is -2.14. The number of carbonyl (C=O) groups excluding carboxylic acids is 1. The lowest BCUT2D eigenvalue weighted by molar-refractivity contribution is 0.0953. The minimum absolute atomic E-state index is 0.115. The molecule has 0 saturated carbocycles. The van der Waals surface area contributed by atoms with Crippen molar-refractivity contribution in [1.82, 2.24) is 5.32 Å². The van der Waals surface area contributed by atoms with Gasteiger partial charge >= 0.3 is 0 Å². The summed E-state index contributed by atoms with van der Waals surface area (Å²) in [6, 6.07) is 33.7. The summed E-state index contributed by atoms with van der Waals surface area (Å²) in [4.78, 5) is 13.2. The maximum atomic E-state index is 13.2. The van der Waals surface area contributed by atoms with E-state index in [2.05, 4.69) is 17.4 Å². The molecule has 0 bridgehead atoms. The first-order valence-corrected chi connectivity index (χ1v) is 11.5. The monoisotopic (exact) mass is 451 g/mol. The van der Waals surface area contributed by atoms with Crippen molar-refractivity contribution in [3.63, 3.8) is 0 Å². The molecule has 1 N–H and O–H groups in total. The maximum Gasteiger partial charge on any atom is 0.252 e. The Hall–Kier alpha value is -4.05. The molecule has 0 fully saturated rings. The standard InChI is InChI=1S/C30H29NO3/c1-33-26-16-8-15-25(20-26)28-18-17-27(34-22-24-12-6-3-7-13-24)21-29(28)30(32)31-19-9-14-23-10-4-2-5-11-23/h2-8,10-13,15-18,20-21H,9,14,19,22H2,1H3,(H,31,32). The molecular weight excluding hydrogens is 422 g/mol. The normalized spacial score (nSPS) is 10.5. The molecule has 0 unspecified atom stereocenters. The Balaban J connectivity index is 1.51. The van der Waals surface area contributed by atoms with Gasteiger partial charge in [0.15, 0.2) is 0 Å². The first-order chi connectivity index (χ1) is 16.7. The lowest BCUT2D eigenvalue weighted by atomic mass is 9.98. The van der Waals surface area contributed by atoms with E-state index in [1.54, 1.807) is 7.11 Å². The number of nitrogens with one attached hydrogen (secondary N) is 1. The number of carbonyl (C=O) groups is 1. The van der Waals surface area contributed by atoms with Gasteiger partial charge in [-0.1, -0.05) is 72.8 Å². The van der Waals surface area contributed by atoms with Crippen molar-refractivity contribution in [3.05, 3.63) is 120 Å². The fraction of sp³-hybridized carbons (Fsp3) is 0.167. The van der Waals surface area contributed by atoms with Crippen LogP contribution in [0.3, 0.4) is 0 Å². The Kier molecular flexibility index (Phi) is 7.96. The summed E-state index contributed by atoms with van der Waals surface area (Å²) in [5.74, 6) is 1.29. The average molecular weight is 452 g/mol. The van der Waals surface area contributed by atoms with Gasteiger partial charge in [0.2, 0.25) is 0 Å². The molecule has 4 aromatic carbocycles. The van der Waals surface area contributed by atoms with Crippen LogP contribution in [0.5, 0.6) is 11.5 Å². The SMILES string of the molecule is COc1cccc(-c2ccc(OCc3ccccc3)cc2C(=O)NCCCc2ccccc2)c1. The molecule has 0 atom stereocenters. The van der Waals surface area contributed by atoms with Crippen LogP contribution in [0.1, 0.15) is 27.9 Å². The molecule has 172 valence electrons. The van der Waals surface area contributed by atoms with Gasteiger partial charge in [-0.15, -0.1) is 0 Å². The van der Waals surface area contributed by atoms with E-state index < -0.39 is 0 Å². The molecule has 34 heavy (non-hydrogen) atoms. The highest BCUT2D eigenvalue weighted by Gasteiger charge is 2.15. The van der Waals surface area contributed by atoms with Gasteiger partial charge in [-0.25, -0.2) is 0 Å². The third-order valence-corrected chi connectivity index (χ3v) is 5.64. The minimum atomic E-state index is -0.115. The molecule has 0 aromatic heterocycles. The molecule has 4 rings (SSSR count). The van der Waals surface area contributed by atoms with E-state index in [4.69, 9.17) is 9.47 Å². The predicted molar refractivity (Wildman–Crippen MR) is 136 cm³/mol. The van der Waals surface area contributed by atoms with Crippen LogP contribution in [0, 0.1) is 0 Å². The van der Waals surface area contributed by atoms with E-state index in [0.29, 0.717) is 24.5 Å². The van der Waals surface area contributed by atoms with E-state index in [0.717, 1.165) is 35.3 Å². The Morgan fingerprint density at radius 2 is 1.50 bits per heavy atom. The first-order valence-electron chi connectivity index (χ1n) is 11.5. The summed E-state index contributed by atoms with van der Waals surface area (Å²) in [7, 11) is 1.64. The van der Waals surface area contributed by atoms with E-state index in [1.165, 1.54) is 5.56 Å². The molecule has 0 aliphatic heterocycles. The molecule has 0 spiro atoms. The third-order valence-electron chi connectivity index (χ3n) is 5.64. The maximum absolute atomic E-state index is 13.2. The largest absolute Gasteiger partial charge is 0.497 e. The summed E-state index contributed by atoms with van der Waals surface area (Å²) >= 11 is 0. The van der Waals surface area contributed by atoms with Crippen molar-refractivity contribution in [2.24, 2.45) is 0 Å². The number of hydrogen-bond acceptors (Lipinski definition) is 3. The Morgan fingerprint density at radius 3 is 2.24 bits per heavy atom. The van der Waals surface area contributed by atoms with Crippen LogP contribution in [0.4, 0.5) is 0 Å². The van der Waals surface area contributed by atoms with Gasteiger partial charge in [-0.05, 0) is 65.4 Å². The Labute approximate surface area is 201 Å². The van der Waals surface area contributed by atoms with E-state index >= 15 is 0 Å². The summed E-state index contributed by atoms with van der Waals surface area (Å²) in [6.45, 7) is 1.04. The van der Waals surface area contributed by atoms with Crippen LogP contribution in [-0.4, -0.2) is 19.6 Å². The fourth-order valence-electron chi connectivity index (χ4n) is 3.82. The van der Waals surface area contributed by atoms with E-state index in [1.807, 2.05) is 91.0 Å². The van der Waals surface area contributed by atoms with Crippen LogP contribution in [0.2, 0.25) is 0 Å². The van der Waals surface area contributed by atoms with Crippen LogP contribution in [0.15, 0.2) is 103 Å². The molecule has 4 heteroatoms. The second kappa shape index (κ2) is 11.7. The molecular formula is C30H29NO3. The van der Waals surface area contributed by atoms with Crippen molar-refractivity contribution in [2.45, 2.75) is 19.4 Å². The van der Waals surface area contributed by atoms with Gasteiger partial charge in [0.05, 0.1) is 12.7 Å². The summed E-state index contributed by atoms with van der Waals surface area (Å²) in [5, 5.41) is 3.08. The van der Waals surface area contributed by atoms with Gasteiger partial charge < -0.3 is 14.8 Å². The number of rotatable bonds is 10. The smallest absolute Gasteiger partial charge is 0.252 e. The van der Waals surface area contributed by atoms with Crippen LogP contribution < -0.4 is 14.8 Å². The minimum Gasteiger partial charge on any atom is -0.497 e. The van der Waals surface area contributed by atoms with Gasteiger partial charge in [0.1, 0.15) is 18.1 Å². The number of benzene rings is 4. The molecule has 0 heterocycles. The van der Waals surface area contributed by atoms with E-state index in [9.17, 15) is 4.79 Å². The summed E-state index contributed by atoms with van der Waals surface area (Å²) < 4.78 is 11.4. The van der Waals surface area contributed by atoms with Crippen molar-refractivity contribution in [1.29, 1.82) is 0 Å². The molecule has 4 aromatic rings. The quantitative estimate of drug-likeness (QED) is 0.288. The molecule has 0 aliphatic rings. The van der Waals surface area contributed by atoms with Gasteiger partial charge in [0.25, 0.3) is 5.91 Å². The molecule has 1 amide bonds. The van der Waals surface area contributed by atoms with Gasteiger partial charge in [-0.3, -0.25) is 4.79 Å². The highest BCUT2D eigenvalue weighted by Crippen LogP contribution is 2.30. The number of hydrogen-bond donors (Lipinski definition) is 1. The summed E-state index contributed by atoms with van der Waals surface area (Å²) in [6.07, 6.45) is 1.79. The Morgan fingerprint density at radius 1 is 0.765 bits per heavy atom. The van der Waals surface area contributed by atoms with Crippen molar-refractivity contribution >= 4 is 5.91 Å². The van der Waals surface area contributed by atoms with Crippen molar-refractivity contribution in [3.8, 4) is 22.6 Å². The second-order valence-corrected chi connectivity index (χ2v) is 8.06. The zero-order chi connectivity index (χ0) is 23.6. The second-order valence-electron chi connectivity index (χ2n) is 8.06. The van der Waals surface area contributed by atoms with Gasteiger partial charge in [-0.2, -0.15) is 0 Å². The van der Waals surface area contributed by atoms with Crippen LogP contribution >= 0.6 is 0 Å². The molecule has 0 saturated heterocycles. The summed E-state index contributed by atoms with van der Waals surface area (Å²) in [5.41, 5.74) is 4.69. The van der Waals surface area contributed by atoms with Crippen molar-refractivity contribution in [2.75, 3.05) is 13.7 Å². The topological polar surface area (TPSA) is 47.6 Å². The number of aryl methyl sites for hydroxylation is 1. The lowest BCUT2D eigenvalue weighted by Crippen LogP contribution is -2.25. The van der Waals surface area contributed by atoms with Gasteiger partial charge in [0, 0.05) is 6.54 Å². The fourth-order valence-corrected chi connectivity index (χ4v) is 3.82. The Bertz CT molecular complexity index is 1210. The number of methoxy groups -OCH3 is 1. The molecule has 0 aliphatic carbocycles. The average Bonchev–Trinajstić information content (AvgIpc) is 2.91. The molecule has 4 nitrogen and oxygen atoms in total. The first kappa shape index (κ1) is 23.1. The zero-order valence-corrected chi connectivity index (χ0v) is 19.4. The van der Waals surface area contributed by atoms with Crippen LogP contribution in [-0.2, 0) is 13.0 Å². The third kappa shape index (κ3) is 6.26. The van der Waals surface area contributed by atoms with Crippen molar-refractivity contribution < 1.29 is 14.3 Å². The molecule has 0 radical (unpaired) electrons. The highest BCUT2D eigenvalue weighted by molar-refractivity contribution is 6.01.